The number of hydrogen-bond donors (Lipinski definition) is 1. The lowest BCUT2D eigenvalue weighted by atomic mass is 10.3. The van der Waals surface area contributed by atoms with Gasteiger partial charge in [0.15, 0.2) is 9.84 Å². The van der Waals surface area contributed by atoms with Crippen LogP contribution < -0.4 is 0 Å². The molecule has 0 bridgehead atoms. The number of carboxylic acid groups (broad SMARTS) is 1. The number of aromatic nitrogens is 1. The van der Waals surface area contributed by atoms with Crippen LogP contribution in [0.1, 0.15) is 28.3 Å². The number of carboxylic acids is 1. The van der Waals surface area contributed by atoms with E-state index in [0.717, 1.165) is 24.2 Å². The van der Waals surface area contributed by atoms with Crippen LogP contribution in [0.2, 0.25) is 0 Å². The van der Waals surface area contributed by atoms with Crippen molar-refractivity contribution < 1.29 is 23.1 Å². The van der Waals surface area contributed by atoms with Gasteiger partial charge < -0.3 is 9.84 Å². The lowest BCUT2D eigenvalue weighted by Gasteiger charge is -2.08. The lowest BCUT2D eigenvalue weighted by Crippen LogP contribution is -2.21. The Balaban J connectivity index is 2.00. The van der Waals surface area contributed by atoms with Crippen LogP contribution in [0.5, 0.6) is 0 Å². The standard InChI is InChI=1S/C10H13NO5S2/c12-10(13)9-11-7(4-17-9)5-18(14,15)6-8-2-1-3-16-8/h4,8H,1-3,5-6H2,(H,12,13). The minimum absolute atomic E-state index is 0.0209. The van der Waals surface area contributed by atoms with Crippen LogP contribution in [0, 0.1) is 0 Å². The Morgan fingerprint density at radius 2 is 2.39 bits per heavy atom. The second-order valence-electron chi connectivity index (χ2n) is 4.14. The summed E-state index contributed by atoms with van der Waals surface area (Å²) in [5.41, 5.74) is 0.287. The van der Waals surface area contributed by atoms with Crippen molar-refractivity contribution in [2.75, 3.05) is 12.4 Å². The first kappa shape index (κ1) is 13.4. The average Bonchev–Trinajstić information content (AvgIpc) is 2.87. The zero-order valence-electron chi connectivity index (χ0n) is 9.53. The number of thiazole rings is 1. The van der Waals surface area contributed by atoms with Gasteiger partial charge in [0.1, 0.15) is 0 Å². The van der Waals surface area contributed by atoms with Crippen LogP contribution >= 0.6 is 11.3 Å². The topological polar surface area (TPSA) is 93.6 Å². The zero-order chi connectivity index (χ0) is 13.2. The number of hydrogen-bond acceptors (Lipinski definition) is 6. The Kier molecular flexibility index (Phi) is 3.98. The highest BCUT2D eigenvalue weighted by atomic mass is 32.2. The van der Waals surface area contributed by atoms with Crippen molar-refractivity contribution in [3.63, 3.8) is 0 Å². The molecule has 2 heterocycles. The molecule has 2 rings (SSSR count). The van der Waals surface area contributed by atoms with Gasteiger partial charge >= 0.3 is 5.97 Å². The zero-order valence-corrected chi connectivity index (χ0v) is 11.2. The highest BCUT2D eigenvalue weighted by Crippen LogP contribution is 2.17. The van der Waals surface area contributed by atoms with E-state index in [-0.39, 0.29) is 28.3 Å². The van der Waals surface area contributed by atoms with Gasteiger partial charge in [0, 0.05) is 12.0 Å². The van der Waals surface area contributed by atoms with Crippen molar-refractivity contribution in [1.29, 1.82) is 0 Å². The second kappa shape index (κ2) is 5.33. The minimum atomic E-state index is -3.30. The molecule has 0 aliphatic carbocycles. The van der Waals surface area contributed by atoms with Gasteiger partial charge in [-0.3, -0.25) is 0 Å². The van der Waals surface area contributed by atoms with Crippen molar-refractivity contribution in [2.24, 2.45) is 0 Å². The molecule has 1 aromatic rings. The second-order valence-corrected chi connectivity index (χ2v) is 7.11. The van der Waals surface area contributed by atoms with Crippen LogP contribution in [-0.2, 0) is 20.3 Å². The van der Waals surface area contributed by atoms with Crippen molar-refractivity contribution in [3.05, 3.63) is 16.1 Å². The quantitative estimate of drug-likeness (QED) is 0.867. The van der Waals surface area contributed by atoms with Crippen LogP contribution in [0.15, 0.2) is 5.38 Å². The van der Waals surface area contributed by atoms with E-state index < -0.39 is 15.8 Å². The molecule has 0 aromatic carbocycles. The highest BCUT2D eigenvalue weighted by Gasteiger charge is 2.24. The van der Waals surface area contributed by atoms with Crippen molar-refractivity contribution in [2.45, 2.75) is 24.7 Å². The highest BCUT2D eigenvalue weighted by molar-refractivity contribution is 7.90. The summed E-state index contributed by atoms with van der Waals surface area (Å²) >= 11 is 0.935. The molecule has 0 radical (unpaired) electrons. The summed E-state index contributed by atoms with van der Waals surface area (Å²) in [4.78, 5) is 14.4. The number of rotatable bonds is 5. The number of nitrogens with zero attached hydrogens (tertiary/aromatic N) is 1. The maximum atomic E-state index is 11.9. The normalized spacial score (nSPS) is 20.1. The van der Waals surface area contributed by atoms with Gasteiger partial charge in [0.05, 0.1) is 23.3 Å². The van der Waals surface area contributed by atoms with Gasteiger partial charge in [0.2, 0.25) is 5.01 Å². The lowest BCUT2D eigenvalue weighted by molar-refractivity contribution is 0.0696. The average molecular weight is 291 g/mol. The molecule has 0 saturated carbocycles. The maximum absolute atomic E-state index is 11.9. The molecule has 1 atom stereocenters. The molecular weight excluding hydrogens is 278 g/mol. The maximum Gasteiger partial charge on any atom is 0.365 e. The fourth-order valence-electron chi connectivity index (χ4n) is 1.81. The molecule has 1 aromatic heterocycles. The number of ether oxygens (including phenoxy) is 1. The van der Waals surface area contributed by atoms with Crippen molar-refractivity contribution in [1.82, 2.24) is 4.98 Å². The first-order valence-corrected chi connectivity index (χ1v) is 8.16. The molecule has 0 amide bonds. The third-order valence-electron chi connectivity index (χ3n) is 2.57. The van der Waals surface area contributed by atoms with E-state index in [1.165, 1.54) is 5.38 Å². The van der Waals surface area contributed by atoms with Gasteiger partial charge in [0.25, 0.3) is 0 Å². The van der Waals surface area contributed by atoms with E-state index in [9.17, 15) is 13.2 Å². The molecule has 0 spiro atoms. The fraction of sp³-hybridized carbons (Fsp3) is 0.600. The molecule has 1 fully saturated rings. The van der Waals surface area contributed by atoms with Gasteiger partial charge in [-0.05, 0) is 12.8 Å². The Hall–Kier alpha value is -0.990. The largest absolute Gasteiger partial charge is 0.476 e. The summed E-state index contributed by atoms with van der Waals surface area (Å²) in [6.45, 7) is 0.611. The summed E-state index contributed by atoms with van der Waals surface area (Å²) < 4.78 is 29.0. The number of sulfone groups is 1. The van der Waals surface area contributed by atoms with E-state index in [1.807, 2.05) is 0 Å². The molecule has 18 heavy (non-hydrogen) atoms. The predicted molar refractivity (Wildman–Crippen MR) is 65.5 cm³/mol. The Morgan fingerprint density at radius 1 is 1.61 bits per heavy atom. The van der Waals surface area contributed by atoms with Crippen LogP contribution in [0.3, 0.4) is 0 Å². The third kappa shape index (κ3) is 3.50. The van der Waals surface area contributed by atoms with E-state index in [4.69, 9.17) is 9.84 Å². The van der Waals surface area contributed by atoms with E-state index in [0.29, 0.717) is 6.61 Å². The fourth-order valence-corrected chi connectivity index (χ4v) is 4.12. The van der Waals surface area contributed by atoms with Gasteiger partial charge in [-0.1, -0.05) is 0 Å². The van der Waals surface area contributed by atoms with Crippen LogP contribution in [0.25, 0.3) is 0 Å². The third-order valence-corrected chi connectivity index (χ3v) is 5.06. The summed E-state index contributed by atoms with van der Waals surface area (Å²) in [6.07, 6.45) is 1.42. The molecule has 100 valence electrons. The van der Waals surface area contributed by atoms with Gasteiger partial charge in [-0.15, -0.1) is 11.3 Å². The number of carbonyl (C=O) groups is 1. The van der Waals surface area contributed by atoms with E-state index >= 15 is 0 Å². The van der Waals surface area contributed by atoms with Crippen LogP contribution in [0.4, 0.5) is 0 Å². The molecule has 1 saturated heterocycles. The van der Waals surface area contributed by atoms with Crippen molar-refractivity contribution in [3.8, 4) is 0 Å². The number of aromatic carboxylic acids is 1. The summed E-state index contributed by atoms with van der Waals surface area (Å²) in [7, 11) is -3.30. The smallest absolute Gasteiger partial charge is 0.365 e. The first-order chi connectivity index (χ1) is 8.46. The Bertz CT molecular complexity index is 530. The Morgan fingerprint density at radius 3 is 2.94 bits per heavy atom. The SMILES string of the molecule is O=C(O)c1nc(CS(=O)(=O)CC2CCCO2)cs1. The monoisotopic (exact) mass is 291 g/mol. The van der Waals surface area contributed by atoms with Gasteiger partial charge in [-0.25, -0.2) is 18.2 Å². The summed E-state index contributed by atoms with van der Waals surface area (Å²) in [5, 5.41) is 10.1. The molecule has 1 aliphatic heterocycles. The molecule has 6 nitrogen and oxygen atoms in total. The van der Waals surface area contributed by atoms with E-state index in [2.05, 4.69) is 4.98 Å². The Labute approximate surface area is 109 Å². The molecule has 1 aliphatic rings. The first-order valence-electron chi connectivity index (χ1n) is 5.46. The molecule has 8 heteroatoms. The predicted octanol–water partition coefficient (Wildman–Crippen LogP) is 0.935. The summed E-state index contributed by atoms with van der Waals surface area (Å²) in [5.74, 6) is -1.38. The van der Waals surface area contributed by atoms with E-state index in [1.54, 1.807) is 0 Å². The van der Waals surface area contributed by atoms with Crippen molar-refractivity contribution >= 4 is 27.1 Å². The van der Waals surface area contributed by atoms with Crippen LogP contribution in [-0.4, -0.2) is 42.9 Å². The minimum Gasteiger partial charge on any atom is -0.476 e. The molecule has 1 N–H and O–H groups in total. The molecule has 1 unspecified atom stereocenters. The molecular formula is C10H13NO5S2. The summed E-state index contributed by atoms with van der Waals surface area (Å²) in [6, 6.07) is 0. The van der Waals surface area contributed by atoms with Gasteiger partial charge in [-0.2, -0.15) is 0 Å².